The first-order valence-corrected chi connectivity index (χ1v) is 2.63. The Kier molecular flexibility index (Phi) is 14.0. The van der Waals surface area contributed by atoms with Crippen molar-refractivity contribution in [2.45, 2.75) is 14.4 Å². The lowest BCUT2D eigenvalue weighted by Gasteiger charge is -1.65. The second-order valence-electron chi connectivity index (χ2n) is 1.05. The van der Waals surface area contributed by atoms with E-state index < -0.39 is 0 Å². The second-order valence-corrected chi connectivity index (χ2v) is 2.15. The van der Waals surface area contributed by atoms with Crippen molar-refractivity contribution < 1.29 is 0 Å². The topological polar surface area (TPSA) is 47.9 Å². The van der Waals surface area contributed by atoms with Gasteiger partial charge < -0.3 is 6.15 Å². The molecule has 1 aromatic heterocycles. The molecule has 0 aromatic carbocycles. The minimum atomic E-state index is 0. The molecule has 2 nitrogen and oxygen atoms in total. The van der Waals surface area contributed by atoms with Crippen LogP contribution in [0.2, 0.25) is 0 Å². The largest absolute Gasteiger partial charge is 0.344 e. The van der Waals surface area contributed by atoms with Gasteiger partial charge in [0.25, 0.3) is 0 Å². The summed E-state index contributed by atoms with van der Waals surface area (Å²) in [6.45, 7) is 1.99. The van der Waals surface area contributed by atoms with E-state index in [9.17, 15) is 0 Å². The van der Waals surface area contributed by atoms with Gasteiger partial charge in [0.1, 0.15) is 0 Å². The summed E-state index contributed by atoms with van der Waals surface area (Å²) in [5, 5.41) is 3.10. The molecule has 0 aliphatic carbocycles. The molecular formula is C5H13ClN2S. The lowest BCUT2D eigenvalue weighted by molar-refractivity contribution is 1.30. The Labute approximate surface area is 66.3 Å². The smallest absolute Gasteiger partial charge is 0.0893 e. The second kappa shape index (κ2) is 7.88. The van der Waals surface area contributed by atoms with Gasteiger partial charge in [0, 0.05) is 11.6 Å². The van der Waals surface area contributed by atoms with Gasteiger partial charge in [-0.3, -0.25) is 4.98 Å². The van der Waals surface area contributed by atoms with E-state index in [0.29, 0.717) is 0 Å². The number of nitrogens with zero attached hydrogens (tertiary/aromatic N) is 1. The van der Waals surface area contributed by atoms with Crippen LogP contribution in [0.1, 0.15) is 12.4 Å². The molecule has 0 bridgehead atoms. The van der Waals surface area contributed by atoms with Crippen molar-refractivity contribution in [3.8, 4) is 0 Å². The molecule has 0 aliphatic rings. The molecule has 1 aromatic rings. The minimum absolute atomic E-state index is 0. The molecule has 0 spiro atoms. The van der Waals surface area contributed by atoms with Gasteiger partial charge >= 0.3 is 0 Å². The van der Waals surface area contributed by atoms with Gasteiger partial charge in [-0.05, 0) is 6.92 Å². The van der Waals surface area contributed by atoms with Gasteiger partial charge in [-0.25, -0.2) is 0 Å². The third-order valence-corrected chi connectivity index (χ3v) is 1.26. The fourth-order valence-corrected chi connectivity index (χ4v) is 0.735. The van der Waals surface area contributed by atoms with Gasteiger partial charge in [-0.15, -0.1) is 23.7 Å². The van der Waals surface area contributed by atoms with Crippen LogP contribution in [0.3, 0.4) is 0 Å². The van der Waals surface area contributed by atoms with Crippen LogP contribution in [0.5, 0.6) is 0 Å². The molecular weight excluding hydrogens is 156 g/mol. The first-order chi connectivity index (χ1) is 2.89. The molecule has 0 aliphatic heterocycles. The van der Waals surface area contributed by atoms with Crippen molar-refractivity contribution in [2.75, 3.05) is 0 Å². The van der Waals surface area contributed by atoms with Crippen molar-refractivity contribution in [3.05, 3.63) is 16.6 Å². The van der Waals surface area contributed by atoms with Crippen LogP contribution in [0.25, 0.3) is 0 Å². The third-order valence-electron chi connectivity index (χ3n) is 0.556. The van der Waals surface area contributed by atoms with Crippen LogP contribution < -0.4 is 6.15 Å². The SMILES string of the molecule is C.Cc1nccs1.Cl.N. The molecule has 4 heteroatoms. The summed E-state index contributed by atoms with van der Waals surface area (Å²) in [5.74, 6) is 0. The molecule has 0 unspecified atom stereocenters. The van der Waals surface area contributed by atoms with Crippen LogP contribution in [-0.4, -0.2) is 4.98 Å². The Morgan fingerprint density at radius 2 is 2.11 bits per heavy atom. The van der Waals surface area contributed by atoms with Gasteiger partial charge in [-0.2, -0.15) is 0 Å². The van der Waals surface area contributed by atoms with Crippen LogP contribution in [-0.2, 0) is 0 Å². The van der Waals surface area contributed by atoms with E-state index >= 15 is 0 Å². The van der Waals surface area contributed by atoms with E-state index in [-0.39, 0.29) is 26.0 Å². The summed E-state index contributed by atoms with van der Waals surface area (Å²) in [5.41, 5.74) is 0. The average molecular weight is 169 g/mol. The van der Waals surface area contributed by atoms with Gasteiger partial charge in [0.15, 0.2) is 0 Å². The summed E-state index contributed by atoms with van der Waals surface area (Å²) in [7, 11) is 0. The van der Waals surface area contributed by atoms with Gasteiger partial charge in [0.2, 0.25) is 0 Å². The Morgan fingerprint density at radius 3 is 2.22 bits per heavy atom. The molecule has 0 saturated carbocycles. The van der Waals surface area contributed by atoms with Crippen LogP contribution in [0.4, 0.5) is 0 Å². The van der Waals surface area contributed by atoms with Crippen molar-refractivity contribution in [1.82, 2.24) is 11.1 Å². The lowest BCUT2D eigenvalue weighted by Crippen LogP contribution is -1.56. The van der Waals surface area contributed by atoms with Crippen molar-refractivity contribution >= 4 is 23.7 Å². The summed E-state index contributed by atoms with van der Waals surface area (Å²) in [6, 6.07) is 0. The molecule has 9 heavy (non-hydrogen) atoms. The molecule has 0 fully saturated rings. The fourth-order valence-electron chi connectivity index (χ4n) is 0.295. The zero-order valence-corrected chi connectivity index (χ0v) is 6.26. The molecule has 0 radical (unpaired) electrons. The predicted octanol–water partition coefficient (Wildman–Crippen LogP) is 2.67. The normalized spacial score (nSPS) is 5.89. The van der Waals surface area contributed by atoms with E-state index in [0.717, 1.165) is 5.01 Å². The van der Waals surface area contributed by atoms with Crippen LogP contribution in [0.15, 0.2) is 11.6 Å². The highest BCUT2D eigenvalue weighted by atomic mass is 35.5. The highest BCUT2D eigenvalue weighted by Crippen LogP contribution is 1.98. The highest BCUT2D eigenvalue weighted by Gasteiger charge is 1.76. The Hall–Kier alpha value is -0.120. The number of rotatable bonds is 0. The number of thiazole rings is 1. The predicted molar refractivity (Wildman–Crippen MR) is 45.9 cm³/mol. The molecule has 56 valence electrons. The van der Waals surface area contributed by atoms with Gasteiger partial charge in [0.05, 0.1) is 5.01 Å². The molecule has 1 heterocycles. The summed E-state index contributed by atoms with van der Waals surface area (Å²) in [6.07, 6.45) is 1.81. The van der Waals surface area contributed by atoms with E-state index in [1.54, 1.807) is 17.5 Å². The molecule has 0 atom stereocenters. The Bertz CT molecular complexity index is 119. The van der Waals surface area contributed by atoms with E-state index in [2.05, 4.69) is 4.98 Å². The number of hydrogen-bond acceptors (Lipinski definition) is 3. The zero-order chi connectivity index (χ0) is 4.41. The third kappa shape index (κ3) is 5.76. The maximum atomic E-state index is 3.94. The van der Waals surface area contributed by atoms with E-state index in [1.807, 2.05) is 12.3 Å². The lowest BCUT2D eigenvalue weighted by atomic mass is 10.8. The molecule has 3 N–H and O–H groups in total. The molecule has 1 rings (SSSR count). The summed E-state index contributed by atoms with van der Waals surface area (Å²) >= 11 is 1.67. The van der Waals surface area contributed by atoms with Crippen LogP contribution in [0, 0.1) is 6.92 Å². The van der Waals surface area contributed by atoms with Gasteiger partial charge in [-0.1, -0.05) is 7.43 Å². The Balaban J connectivity index is -0.000000120. The fraction of sp³-hybridized carbons (Fsp3) is 0.400. The minimum Gasteiger partial charge on any atom is -0.344 e. The first kappa shape index (κ1) is 15.9. The molecule has 0 saturated heterocycles. The maximum absolute atomic E-state index is 3.94. The van der Waals surface area contributed by atoms with Crippen molar-refractivity contribution in [1.29, 1.82) is 0 Å². The number of halogens is 1. The zero-order valence-electron chi connectivity index (χ0n) is 4.63. The number of aromatic nitrogens is 1. The van der Waals surface area contributed by atoms with Crippen LogP contribution >= 0.6 is 23.7 Å². The average Bonchev–Trinajstić information content (AvgIpc) is 1.86. The first-order valence-electron chi connectivity index (χ1n) is 1.75. The van der Waals surface area contributed by atoms with Crippen molar-refractivity contribution in [2.24, 2.45) is 0 Å². The number of aryl methyl sites for hydroxylation is 1. The van der Waals surface area contributed by atoms with E-state index in [4.69, 9.17) is 0 Å². The summed E-state index contributed by atoms with van der Waals surface area (Å²) < 4.78 is 0. The van der Waals surface area contributed by atoms with Crippen molar-refractivity contribution in [3.63, 3.8) is 0 Å². The standard InChI is InChI=1S/C4H5NS.CH4.ClH.H3N/c1-4-5-2-3-6-4;;;/h2-3H,1H3;1H4;1H;1H3. The molecule has 0 amide bonds. The summed E-state index contributed by atoms with van der Waals surface area (Å²) in [4.78, 5) is 3.94. The highest BCUT2D eigenvalue weighted by molar-refractivity contribution is 7.09. The number of hydrogen-bond donors (Lipinski definition) is 1. The quantitative estimate of drug-likeness (QED) is 0.648. The van der Waals surface area contributed by atoms with E-state index in [1.165, 1.54) is 0 Å². The Morgan fingerprint density at radius 1 is 1.56 bits per heavy atom. The monoisotopic (exact) mass is 168 g/mol. The maximum Gasteiger partial charge on any atom is 0.0893 e.